The summed E-state index contributed by atoms with van der Waals surface area (Å²) in [6.45, 7) is 2.00. The number of piperidine rings is 1. The van der Waals surface area contributed by atoms with Gasteiger partial charge in [-0.1, -0.05) is 6.07 Å². The van der Waals surface area contributed by atoms with Gasteiger partial charge in [0.1, 0.15) is 23.1 Å². The van der Waals surface area contributed by atoms with Gasteiger partial charge in [-0.2, -0.15) is 0 Å². The van der Waals surface area contributed by atoms with Crippen LogP contribution >= 0.6 is 0 Å². The Morgan fingerprint density at radius 3 is 2.68 bits per heavy atom. The molecule has 0 aliphatic carbocycles. The highest BCUT2D eigenvalue weighted by molar-refractivity contribution is 5.93. The van der Waals surface area contributed by atoms with E-state index in [1.807, 2.05) is 12.1 Å². The third-order valence-electron chi connectivity index (χ3n) is 5.98. The second-order valence-corrected chi connectivity index (χ2v) is 8.03. The molecule has 4 heterocycles. The first-order chi connectivity index (χ1) is 15.1. The monoisotopic (exact) mass is 419 g/mol. The number of nitrogens with two attached hydrogens (primary N) is 1. The van der Waals surface area contributed by atoms with E-state index in [1.165, 1.54) is 6.07 Å². The fourth-order valence-electron chi connectivity index (χ4n) is 4.37. The van der Waals surface area contributed by atoms with Crippen molar-refractivity contribution in [3.8, 4) is 11.3 Å². The first kappa shape index (κ1) is 19.6. The third-order valence-corrected chi connectivity index (χ3v) is 5.98. The smallest absolute Gasteiger partial charge is 0.138 e. The first-order valence-electron chi connectivity index (χ1n) is 10.5. The van der Waals surface area contributed by atoms with E-state index in [-0.39, 0.29) is 12.0 Å². The zero-order valence-electron chi connectivity index (χ0n) is 17.0. The second kappa shape index (κ2) is 8.07. The van der Waals surface area contributed by atoms with Crippen molar-refractivity contribution in [1.82, 2.24) is 20.3 Å². The minimum atomic E-state index is -0.468. The molecule has 7 heteroatoms. The molecule has 1 aliphatic heterocycles. The summed E-state index contributed by atoms with van der Waals surface area (Å²) in [6, 6.07) is 11.1. The van der Waals surface area contributed by atoms with Crippen LogP contribution < -0.4 is 11.1 Å². The number of rotatable bonds is 4. The summed E-state index contributed by atoms with van der Waals surface area (Å²) in [4.78, 5) is 12.5. The van der Waals surface area contributed by atoms with Crippen molar-refractivity contribution in [2.75, 3.05) is 18.8 Å². The summed E-state index contributed by atoms with van der Waals surface area (Å²) in [6.07, 6.45) is 4.09. The van der Waals surface area contributed by atoms with Crippen molar-refractivity contribution in [1.29, 1.82) is 0 Å². The fraction of sp³-hybridized carbons (Fsp3) is 0.250. The summed E-state index contributed by atoms with van der Waals surface area (Å²) in [5.74, 6) is -0.0840. The summed E-state index contributed by atoms with van der Waals surface area (Å²) in [7, 11) is 0. The van der Waals surface area contributed by atoms with E-state index < -0.39 is 11.6 Å². The molecule has 0 radical (unpaired) electrons. The zero-order valence-corrected chi connectivity index (χ0v) is 17.0. The number of nitrogens with zero attached hydrogens (tertiary/aromatic N) is 2. The van der Waals surface area contributed by atoms with Crippen molar-refractivity contribution in [2.45, 2.75) is 25.2 Å². The van der Waals surface area contributed by atoms with E-state index in [2.05, 4.69) is 26.3 Å². The average Bonchev–Trinajstić information content (AvgIpc) is 3.23. The van der Waals surface area contributed by atoms with Crippen molar-refractivity contribution < 1.29 is 8.78 Å². The van der Waals surface area contributed by atoms with Crippen LogP contribution in [0.25, 0.3) is 22.3 Å². The van der Waals surface area contributed by atoms with Crippen LogP contribution in [0.15, 0.2) is 48.7 Å². The lowest BCUT2D eigenvalue weighted by Gasteiger charge is -2.21. The highest BCUT2D eigenvalue weighted by Crippen LogP contribution is 2.34. The van der Waals surface area contributed by atoms with Gasteiger partial charge in [0, 0.05) is 35.2 Å². The van der Waals surface area contributed by atoms with Crippen LogP contribution in [-0.4, -0.2) is 28.0 Å². The molecule has 4 N–H and O–H groups in total. The molecular weight excluding hydrogens is 396 g/mol. The van der Waals surface area contributed by atoms with Crippen LogP contribution in [0.4, 0.5) is 14.6 Å². The van der Waals surface area contributed by atoms with Crippen molar-refractivity contribution in [3.63, 3.8) is 0 Å². The highest BCUT2D eigenvalue weighted by atomic mass is 19.1. The van der Waals surface area contributed by atoms with Crippen molar-refractivity contribution in [2.24, 2.45) is 0 Å². The second-order valence-electron chi connectivity index (χ2n) is 8.03. The Bertz CT molecular complexity index is 1240. The zero-order chi connectivity index (χ0) is 21.4. The number of aromatic nitrogens is 3. The van der Waals surface area contributed by atoms with Crippen LogP contribution in [-0.2, 0) is 6.42 Å². The summed E-state index contributed by atoms with van der Waals surface area (Å²) in [5, 5.41) is 4.34. The standard InChI is InChI=1S/C24H23F2N5/c25-17-2-3-20(26)16(12-17)11-15-1-4-22(27)31-23(15)18-7-10-29-24-19(18)13-21(30-24)14-5-8-28-9-6-14/h1-4,7,10,12-14,28H,5-6,8-9,11H2,(H2,27,31)(H,29,30). The average molecular weight is 419 g/mol. The van der Waals surface area contributed by atoms with Gasteiger partial charge in [-0.3, -0.25) is 0 Å². The molecule has 5 nitrogen and oxygen atoms in total. The quantitative estimate of drug-likeness (QED) is 0.454. The predicted molar refractivity (Wildman–Crippen MR) is 118 cm³/mol. The van der Waals surface area contributed by atoms with Crippen LogP contribution in [0.2, 0.25) is 0 Å². The van der Waals surface area contributed by atoms with E-state index in [4.69, 9.17) is 5.73 Å². The minimum absolute atomic E-state index is 0.210. The molecule has 3 aromatic heterocycles. The van der Waals surface area contributed by atoms with Crippen molar-refractivity contribution in [3.05, 3.63) is 77.1 Å². The van der Waals surface area contributed by atoms with Gasteiger partial charge in [0.05, 0.1) is 5.69 Å². The molecule has 0 saturated carbocycles. The van der Waals surface area contributed by atoms with Gasteiger partial charge in [-0.15, -0.1) is 0 Å². The van der Waals surface area contributed by atoms with Gasteiger partial charge >= 0.3 is 0 Å². The van der Waals surface area contributed by atoms with Crippen molar-refractivity contribution >= 4 is 16.9 Å². The molecular formula is C24H23F2N5. The highest BCUT2D eigenvalue weighted by Gasteiger charge is 2.20. The van der Waals surface area contributed by atoms with E-state index in [0.717, 1.165) is 65.9 Å². The summed E-state index contributed by atoms with van der Waals surface area (Å²) < 4.78 is 28.0. The molecule has 1 fully saturated rings. The normalized spacial score (nSPS) is 14.9. The van der Waals surface area contributed by atoms with Gasteiger partial charge in [-0.25, -0.2) is 18.7 Å². The molecule has 158 valence electrons. The summed E-state index contributed by atoms with van der Waals surface area (Å²) >= 11 is 0. The minimum Gasteiger partial charge on any atom is -0.384 e. The maximum Gasteiger partial charge on any atom is 0.138 e. The number of fused-ring (bicyclic) bond motifs is 1. The molecule has 1 saturated heterocycles. The number of aromatic amines is 1. The molecule has 31 heavy (non-hydrogen) atoms. The van der Waals surface area contributed by atoms with Crippen LogP contribution in [0, 0.1) is 11.6 Å². The molecule has 1 aliphatic rings. The van der Waals surface area contributed by atoms with Gasteiger partial charge in [0.25, 0.3) is 0 Å². The Morgan fingerprint density at radius 1 is 1.00 bits per heavy atom. The number of H-pyrrole nitrogens is 1. The van der Waals surface area contributed by atoms with E-state index in [1.54, 1.807) is 12.3 Å². The molecule has 5 rings (SSSR count). The number of benzene rings is 1. The summed E-state index contributed by atoms with van der Waals surface area (Å²) in [5.41, 5.74) is 10.5. The maximum absolute atomic E-state index is 14.3. The SMILES string of the molecule is Nc1ccc(Cc2cc(F)ccc2F)c(-c2ccnc3[nH]c(C4CCNCC4)cc23)n1. The predicted octanol–water partition coefficient (Wildman–Crippen LogP) is 4.54. The topological polar surface area (TPSA) is 79.6 Å². The molecule has 0 atom stereocenters. The van der Waals surface area contributed by atoms with Gasteiger partial charge < -0.3 is 16.0 Å². The Labute approximate surface area is 178 Å². The first-order valence-corrected chi connectivity index (χ1v) is 10.5. The van der Waals surface area contributed by atoms with E-state index in [0.29, 0.717) is 17.4 Å². The van der Waals surface area contributed by atoms with E-state index in [9.17, 15) is 8.78 Å². The number of pyridine rings is 2. The molecule has 0 unspecified atom stereocenters. The Morgan fingerprint density at radius 2 is 1.84 bits per heavy atom. The number of halogens is 2. The number of anilines is 1. The van der Waals surface area contributed by atoms with Crippen LogP contribution in [0.5, 0.6) is 0 Å². The maximum atomic E-state index is 14.3. The number of nitrogen functional groups attached to an aromatic ring is 1. The molecule has 4 aromatic rings. The molecule has 0 spiro atoms. The van der Waals surface area contributed by atoms with Gasteiger partial charge in [0.2, 0.25) is 0 Å². The Kier molecular flexibility index (Phi) is 5.11. The molecule has 1 aromatic carbocycles. The third kappa shape index (κ3) is 3.88. The largest absolute Gasteiger partial charge is 0.384 e. The van der Waals surface area contributed by atoms with Crippen LogP contribution in [0.3, 0.4) is 0 Å². The van der Waals surface area contributed by atoms with E-state index >= 15 is 0 Å². The fourth-order valence-corrected chi connectivity index (χ4v) is 4.37. The molecule has 0 bridgehead atoms. The molecule has 0 amide bonds. The van der Waals surface area contributed by atoms with Gasteiger partial charge in [-0.05, 0) is 73.5 Å². The lowest BCUT2D eigenvalue weighted by atomic mass is 9.94. The number of nitrogens with one attached hydrogen (secondary N) is 2. The van der Waals surface area contributed by atoms with Crippen LogP contribution in [0.1, 0.15) is 35.6 Å². The Hall–Kier alpha value is -3.32. The van der Waals surface area contributed by atoms with Gasteiger partial charge in [0.15, 0.2) is 0 Å². The number of hydrogen-bond donors (Lipinski definition) is 3. The Balaban J connectivity index is 1.60. The number of hydrogen-bond acceptors (Lipinski definition) is 4. The lowest BCUT2D eigenvalue weighted by Crippen LogP contribution is -2.26. The lowest BCUT2D eigenvalue weighted by molar-refractivity contribution is 0.455.